The van der Waals surface area contributed by atoms with Crippen LogP contribution in [0.15, 0.2) is 11.8 Å². The van der Waals surface area contributed by atoms with E-state index in [0.717, 1.165) is 25.8 Å². The van der Waals surface area contributed by atoms with Crippen molar-refractivity contribution < 1.29 is 4.79 Å². The molecule has 0 aromatic rings. The molecule has 1 rings (SSSR count). The summed E-state index contributed by atoms with van der Waals surface area (Å²) in [4.78, 5) is 12.5. The Morgan fingerprint density at radius 3 is 2.55 bits per heavy atom. The fourth-order valence-corrected chi connectivity index (χ4v) is 1.53. The minimum atomic E-state index is 0.886. The van der Waals surface area contributed by atoms with Crippen molar-refractivity contribution in [3.63, 3.8) is 0 Å². The molecule has 1 saturated heterocycles. The van der Waals surface area contributed by atoms with E-state index in [2.05, 4.69) is 11.8 Å². The highest BCUT2D eigenvalue weighted by Gasteiger charge is 2.12. The first kappa shape index (κ1) is 8.31. The van der Waals surface area contributed by atoms with Crippen molar-refractivity contribution in [3.8, 4) is 0 Å². The van der Waals surface area contributed by atoms with Crippen LogP contribution in [-0.4, -0.2) is 24.3 Å². The van der Waals surface area contributed by atoms with Gasteiger partial charge in [0.05, 0.1) is 0 Å². The van der Waals surface area contributed by atoms with Crippen LogP contribution in [0.4, 0.5) is 0 Å². The van der Waals surface area contributed by atoms with Crippen molar-refractivity contribution in [2.75, 3.05) is 13.1 Å². The highest BCUT2D eigenvalue weighted by atomic mass is 16.1. The molecule has 0 N–H and O–H groups in total. The summed E-state index contributed by atoms with van der Waals surface area (Å²) >= 11 is 0. The number of aldehydes is 1. The normalized spacial score (nSPS) is 19.0. The summed E-state index contributed by atoms with van der Waals surface area (Å²) in [6, 6.07) is 0. The first-order valence-corrected chi connectivity index (χ1v) is 4.27. The zero-order valence-electron chi connectivity index (χ0n) is 7.05. The Balaban J connectivity index is 2.53. The number of carbonyl (C=O) groups excluding carboxylic acids is 1. The molecule has 62 valence electrons. The number of hydrogen-bond acceptors (Lipinski definition) is 2. The predicted octanol–water partition coefficient (Wildman–Crippen LogP) is 1.58. The topological polar surface area (TPSA) is 20.3 Å². The number of nitrogens with zero attached hydrogens (tertiary/aromatic N) is 1. The standard InChI is InChI=1S/C9H15NO/c1-2-9(5-8-11)10-6-3-4-7-10/h5,8H,2-4,6-7H2,1H3. The summed E-state index contributed by atoms with van der Waals surface area (Å²) in [6.07, 6.45) is 6.09. The van der Waals surface area contributed by atoms with E-state index in [1.54, 1.807) is 6.08 Å². The smallest absolute Gasteiger partial charge is 0.144 e. The molecular weight excluding hydrogens is 138 g/mol. The van der Waals surface area contributed by atoms with Crippen LogP contribution in [0.2, 0.25) is 0 Å². The van der Waals surface area contributed by atoms with E-state index in [9.17, 15) is 4.79 Å². The van der Waals surface area contributed by atoms with Gasteiger partial charge in [0.1, 0.15) is 6.29 Å². The molecule has 1 aliphatic rings. The molecule has 0 aromatic heterocycles. The molecule has 1 aliphatic heterocycles. The number of likely N-dealkylation sites (tertiary alicyclic amines) is 1. The van der Waals surface area contributed by atoms with Gasteiger partial charge in [0, 0.05) is 18.8 Å². The van der Waals surface area contributed by atoms with Gasteiger partial charge in [-0.2, -0.15) is 0 Å². The molecular formula is C9H15NO. The summed E-state index contributed by atoms with van der Waals surface area (Å²) in [6.45, 7) is 4.36. The Bertz CT molecular complexity index is 157. The highest BCUT2D eigenvalue weighted by molar-refractivity contribution is 5.65. The summed E-state index contributed by atoms with van der Waals surface area (Å²) in [5, 5.41) is 0. The Hall–Kier alpha value is -0.790. The first-order valence-electron chi connectivity index (χ1n) is 4.27. The number of allylic oxidation sites excluding steroid dienone is 2. The Kier molecular flexibility index (Phi) is 3.14. The van der Waals surface area contributed by atoms with Gasteiger partial charge in [-0.25, -0.2) is 0 Å². The quantitative estimate of drug-likeness (QED) is 0.453. The molecule has 0 amide bonds. The van der Waals surface area contributed by atoms with Crippen LogP contribution in [0.1, 0.15) is 26.2 Å². The van der Waals surface area contributed by atoms with Crippen molar-refractivity contribution >= 4 is 6.29 Å². The molecule has 0 unspecified atom stereocenters. The third-order valence-electron chi connectivity index (χ3n) is 2.13. The lowest BCUT2D eigenvalue weighted by molar-refractivity contribution is -0.104. The average molecular weight is 153 g/mol. The van der Waals surface area contributed by atoms with E-state index in [0.29, 0.717) is 0 Å². The summed E-state index contributed by atoms with van der Waals surface area (Å²) in [5.74, 6) is 0. The Morgan fingerprint density at radius 1 is 1.45 bits per heavy atom. The van der Waals surface area contributed by atoms with E-state index >= 15 is 0 Å². The lowest BCUT2D eigenvalue weighted by Gasteiger charge is -2.19. The molecule has 11 heavy (non-hydrogen) atoms. The van der Waals surface area contributed by atoms with Crippen LogP contribution < -0.4 is 0 Å². The molecule has 0 saturated carbocycles. The molecule has 2 heteroatoms. The molecule has 2 nitrogen and oxygen atoms in total. The number of carbonyl (C=O) groups is 1. The fraction of sp³-hybridized carbons (Fsp3) is 0.667. The summed E-state index contributed by atoms with van der Waals surface area (Å²) in [5.41, 5.74) is 1.19. The highest BCUT2D eigenvalue weighted by Crippen LogP contribution is 2.15. The van der Waals surface area contributed by atoms with Crippen molar-refractivity contribution in [2.45, 2.75) is 26.2 Å². The third kappa shape index (κ3) is 2.07. The minimum Gasteiger partial charge on any atom is -0.375 e. The molecule has 0 aromatic carbocycles. The second kappa shape index (κ2) is 4.16. The van der Waals surface area contributed by atoms with Crippen LogP contribution in [0.25, 0.3) is 0 Å². The molecule has 0 aliphatic carbocycles. The monoisotopic (exact) mass is 153 g/mol. The SMILES string of the molecule is CCC(=CC=O)N1CCCC1. The average Bonchev–Trinajstić information content (AvgIpc) is 2.52. The van der Waals surface area contributed by atoms with Gasteiger partial charge >= 0.3 is 0 Å². The minimum absolute atomic E-state index is 0.886. The predicted molar refractivity (Wildman–Crippen MR) is 45.2 cm³/mol. The van der Waals surface area contributed by atoms with Gasteiger partial charge in [-0.3, -0.25) is 4.79 Å². The molecule has 0 atom stereocenters. The fourth-order valence-electron chi connectivity index (χ4n) is 1.53. The maximum Gasteiger partial charge on any atom is 0.144 e. The Labute approximate surface area is 67.9 Å². The van der Waals surface area contributed by atoms with Crippen LogP contribution in [0.5, 0.6) is 0 Å². The van der Waals surface area contributed by atoms with Crippen LogP contribution in [-0.2, 0) is 4.79 Å². The van der Waals surface area contributed by atoms with E-state index in [4.69, 9.17) is 0 Å². The van der Waals surface area contributed by atoms with Crippen LogP contribution >= 0.6 is 0 Å². The van der Waals surface area contributed by atoms with Gasteiger partial charge in [0.15, 0.2) is 0 Å². The first-order chi connectivity index (χ1) is 5.38. The lowest BCUT2D eigenvalue weighted by atomic mass is 10.3. The van der Waals surface area contributed by atoms with Gasteiger partial charge in [0.2, 0.25) is 0 Å². The maximum absolute atomic E-state index is 10.2. The number of rotatable bonds is 3. The second-order valence-corrected chi connectivity index (χ2v) is 2.84. The molecule has 0 radical (unpaired) electrons. The second-order valence-electron chi connectivity index (χ2n) is 2.84. The lowest BCUT2D eigenvalue weighted by Crippen LogP contribution is -2.18. The Morgan fingerprint density at radius 2 is 2.09 bits per heavy atom. The van der Waals surface area contributed by atoms with Gasteiger partial charge in [-0.15, -0.1) is 0 Å². The van der Waals surface area contributed by atoms with E-state index in [1.807, 2.05) is 0 Å². The van der Waals surface area contributed by atoms with Gasteiger partial charge in [-0.1, -0.05) is 6.92 Å². The van der Waals surface area contributed by atoms with Gasteiger partial charge in [0.25, 0.3) is 0 Å². The number of hydrogen-bond donors (Lipinski definition) is 0. The largest absolute Gasteiger partial charge is 0.375 e. The van der Waals surface area contributed by atoms with E-state index < -0.39 is 0 Å². The van der Waals surface area contributed by atoms with Crippen molar-refractivity contribution in [1.82, 2.24) is 4.90 Å². The molecule has 0 spiro atoms. The zero-order valence-corrected chi connectivity index (χ0v) is 7.05. The molecule has 0 bridgehead atoms. The van der Waals surface area contributed by atoms with E-state index in [-0.39, 0.29) is 0 Å². The molecule has 1 heterocycles. The third-order valence-corrected chi connectivity index (χ3v) is 2.13. The zero-order chi connectivity index (χ0) is 8.10. The molecule has 1 fully saturated rings. The van der Waals surface area contributed by atoms with Gasteiger partial charge in [-0.05, 0) is 25.3 Å². The summed E-state index contributed by atoms with van der Waals surface area (Å²) in [7, 11) is 0. The van der Waals surface area contributed by atoms with Gasteiger partial charge < -0.3 is 4.90 Å². The maximum atomic E-state index is 10.2. The van der Waals surface area contributed by atoms with Crippen molar-refractivity contribution in [2.24, 2.45) is 0 Å². The van der Waals surface area contributed by atoms with Crippen molar-refractivity contribution in [3.05, 3.63) is 11.8 Å². The van der Waals surface area contributed by atoms with Crippen LogP contribution in [0.3, 0.4) is 0 Å². The van der Waals surface area contributed by atoms with Crippen LogP contribution in [0, 0.1) is 0 Å². The van der Waals surface area contributed by atoms with E-state index in [1.165, 1.54) is 18.5 Å². The summed E-state index contributed by atoms with van der Waals surface area (Å²) < 4.78 is 0. The van der Waals surface area contributed by atoms with Crippen molar-refractivity contribution in [1.29, 1.82) is 0 Å².